The molecule has 0 aliphatic rings. The minimum atomic E-state index is 1.09. The highest BCUT2D eigenvalue weighted by molar-refractivity contribution is 5.47. The fourth-order valence-corrected chi connectivity index (χ4v) is 3.71. The Labute approximate surface area is 164 Å². The van der Waals surface area contributed by atoms with Gasteiger partial charge in [0, 0.05) is 5.56 Å². The fourth-order valence-electron chi connectivity index (χ4n) is 3.71. The zero-order valence-electron chi connectivity index (χ0n) is 17.9. The molecule has 26 heavy (non-hydrogen) atoms. The quantitative estimate of drug-likeness (QED) is 0.211. The van der Waals surface area contributed by atoms with Gasteiger partial charge < -0.3 is 4.48 Å². The van der Waals surface area contributed by atoms with Gasteiger partial charge in [-0.3, -0.25) is 0 Å². The maximum atomic E-state index is 3.83. The van der Waals surface area contributed by atoms with Crippen LogP contribution in [0.1, 0.15) is 95.1 Å². The molecule has 0 saturated carbocycles. The predicted octanol–water partition coefficient (Wildman–Crippen LogP) is 7.61. The van der Waals surface area contributed by atoms with Crippen molar-refractivity contribution in [1.29, 1.82) is 0 Å². The topological polar surface area (TPSA) is 0 Å². The molecule has 0 atom stereocenters. The van der Waals surface area contributed by atoms with Crippen LogP contribution in [0.5, 0.6) is 0 Å². The van der Waals surface area contributed by atoms with Gasteiger partial charge in [0.25, 0.3) is 0 Å². The molecule has 0 saturated heterocycles. The number of quaternary nitrogens is 1. The van der Waals surface area contributed by atoms with Crippen LogP contribution in [0.3, 0.4) is 0 Å². The first-order valence-electron chi connectivity index (χ1n) is 11.1. The van der Waals surface area contributed by atoms with Crippen molar-refractivity contribution in [2.75, 3.05) is 20.6 Å². The number of benzene rings is 1. The van der Waals surface area contributed by atoms with Crippen LogP contribution in [0, 0.1) is 0 Å². The Hall–Kier alpha value is -1.08. The van der Waals surface area contributed by atoms with Crippen molar-refractivity contribution in [2.45, 2.75) is 90.5 Å². The van der Waals surface area contributed by atoms with Gasteiger partial charge in [0.05, 0.1) is 20.6 Å². The van der Waals surface area contributed by atoms with E-state index in [-0.39, 0.29) is 0 Å². The Morgan fingerprint density at radius 3 is 1.65 bits per heavy atom. The highest BCUT2D eigenvalue weighted by Crippen LogP contribution is 2.15. The highest BCUT2D eigenvalue weighted by Gasteiger charge is 2.15. The van der Waals surface area contributed by atoms with Crippen molar-refractivity contribution in [1.82, 2.24) is 0 Å². The monoisotopic (exact) mass is 358 g/mol. The highest BCUT2D eigenvalue weighted by atomic mass is 15.3. The molecule has 1 heteroatoms. The second kappa shape index (κ2) is 14.0. The zero-order valence-corrected chi connectivity index (χ0v) is 17.9. The van der Waals surface area contributed by atoms with E-state index in [1.54, 1.807) is 0 Å². The van der Waals surface area contributed by atoms with Crippen molar-refractivity contribution in [3.05, 3.63) is 42.0 Å². The summed E-state index contributed by atoms with van der Waals surface area (Å²) in [5.41, 5.74) is 2.64. The SMILES string of the molecule is C=Cc1ccc(C[N+](C)(C)CCCCCCCCCCCCCC)cc1. The third-order valence-electron chi connectivity index (χ3n) is 5.44. The largest absolute Gasteiger partial charge is 0.325 e. The molecule has 0 spiro atoms. The molecular weight excluding hydrogens is 314 g/mol. The number of hydrogen-bond acceptors (Lipinski definition) is 0. The molecule has 1 nitrogen and oxygen atoms in total. The summed E-state index contributed by atoms with van der Waals surface area (Å²) in [6, 6.07) is 8.84. The van der Waals surface area contributed by atoms with E-state index >= 15 is 0 Å². The third kappa shape index (κ3) is 11.5. The van der Waals surface area contributed by atoms with Crippen LogP contribution in [-0.4, -0.2) is 25.1 Å². The molecule has 0 unspecified atom stereocenters. The first kappa shape index (κ1) is 23.0. The Morgan fingerprint density at radius 2 is 1.19 bits per heavy atom. The van der Waals surface area contributed by atoms with Crippen molar-refractivity contribution in [2.24, 2.45) is 0 Å². The predicted molar refractivity (Wildman–Crippen MR) is 118 cm³/mol. The van der Waals surface area contributed by atoms with E-state index in [4.69, 9.17) is 0 Å². The average Bonchev–Trinajstić information content (AvgIpc) is 2.63. The van der Waals surface area contributed by atoms with Crippen LogP contribution in [-0.2, 0) is 6.54 Å². The molecule has 0 aromatic heterocycles. The van der Waals surface area contributed by atoms with Crippen LogP contribution in [0.25, 0.3) is 6.08 Å². The van der Waals surface area contributed by atoms with Gasteiger partial charge in [0.1, 0.15) is 6.54 Å². The summed E-state index contributed by atoms with van der Waals surface area (Å²) in [7, 11) is 4.72. The van der Waals surface area contributed by atoms with E-state index in [1.807, 2.05) is 6.08 Å². The molecule has 0 aliphatic carbocycles. The zero-order chi connectivity index (χ0) is 19.1. The van der Waals surface area contributed by atoms with Gasteiger partial charge in [-0.1, -0.05) is 108 Å². The summed E-state index contributed by atoms with van der Waals surface area (Å²) in [6.45, 7) is 8.52. The Morgan fingerprint density at radius 1 is 0.731 bits per heavy atom. The summed E-state index contributed by atoms with van der Waals surface area (Å²) in [4.78, 5) is 0. The van der Waals surface area contributed by atoms with Crippen molar-refractivity contribution < 1.29 is 4.48 Å². The molecule has 0 radical (unpaired) electrons. The van der Waals surface area contributed by atoms with E-state index in [2.05, 4.69) is 51.9 Å². The smallest absolute Gasteiger partial charge is 0.104 e. The van der Waals surface area contributed by atoms with Gasteiger partial charge in [-0.05, 0) is 18.4 Å². The van der Waals surface area contributed by atoms with E-state index in [1.165, 1.54) is 94.7 Å². The fraction of sp³-hybridized carbons (Fsp3) is 0.680. The lowest BCUT2D eigenvalue weighted by molar-refractivity contribution is -0.903. The number of nitrogens with zero attached hydrogens (tertiary/aromatic N) is 1. The summed E-state index contributed by atoms with van der Waals surface area (Å²) in [6.07, 6.45) is 19.0. The third-order valence-corrected chi connectivity index (χ3v) is 5.44. The number of rotatable bonds is 16. The van der Waals surface area contributed by atoms with Crippen LogP contribution >= 0.6 is 0 Å². The van der Waals surface area contributed by atoms with E-state index in [0.29, 0.717) is 0 Å². The lowest BCUT2D eigenvalue weighted by atomic mass is 10.0. The molecule has 0 amide bonds. The van der Waals surface area contributed by atoms with Gasteiger partial charge in [-0.15, -0.1) is 0 Å². The standard InChI is InChI=1S/C25H44N/c1-5-7-8-9-10-11-12-13-14-15-16-17-22-26(3,4)23-25-20-18-24(6-2)19-21-25/h6,18-21H,2,5,7-17,22-23H2,1,3-4H3/q+1. The first-order valence-corrected chi connectivity index (χ1v) is 11.1. The number of hydrogen-bond donors (Lipinski definition) is 0. The molecular formula is C25H44N+. The Bertz CT molecular complexity index is 458. The van der Waals surface area contributed by atoms with Crippen molar-refractivity contribution in [3.63, 3.8) is 0 Å². The van der Waals surface area contributed by atoms with Gasteiger partial charge in [0.15, 0.2) is 0 Å². The number of unbranched alkanes of at least 4 members (excludes halogenated alkanes) is 11. The van der Waals surface area contributed by atoms with Crippen LogP contribution in [0.2, 0.25) is 0 Å². The van der Waals surface area contributed by atoms with Crippen molar-refractivity contribution >= 4 is 6.08 Å². The van der Waals surface area contributed by atoms with E-state index < -0.39 is 0 Å². The lowest BCUT2D eigenvalue weighted by Crippen LogP contribution is -2.39. The van der Waals surface area contributed by atoms with Gasteiger partial charge >= 0.3 is 0 Å². The lowest BCUT2D eigenvalue weighted by Gasteiger charge is -2.30. The van der Waals surface area contributed by atoms with Crippen LogP contribution in [0.4, 0.5) is 0 Å². The summed E-state index contributed by atoms with van der Waals surface area (Å²) < 4.78 is 1.09. The molecule has 148 valence electrons. The maximum Gasteiger partial charge on any atom is 0.104 e. The summed E-state index contributed by atoms with van der Waals surface area (Å²) in [5.74, 6) is 0. The molecule has 0 aliphatic heterocycles. The molecule has 0 heterocycles. The molecule has 1 rings (SSSR count). The molecule has 0 fully saturated rings. The van der Waals surface area contributed by atoms with Crippen LogP contribution < -0.4 is 0 Å². The summed E-state index contributed by atoms with van der Waals surface area (Å²) >= 11 is 0. The van der Waals surface area contributed by atoms with Gasteiger partial charge in [-0.2, -0.15) is 0 Å². The minimum absolute atomic E-state index is 1.09. The normalized spacial score (nSPS) is 11.7. The maximum absolute atomic E-state index is 3.83. The summed E-state index contributed by atoms with van der Waals surface area (Å²) in [5, 5.41) is 0. The Kier molecular flexibility index (Phi) is 12.4. The van der Waals surface area contributed by atoms with Gasteiger partial charge in [0.2, 0.25) is 0 Å². The molecule has 1 aromatic rings. The minimum Gasteiger partial charge on any atom is -0.325 e. The second-order valence-corrected chi connectivity index (χ2v) is 8.65. The van der Waals surface area contributed by atoms with E-state index in [9.17, 15) is 0 Å². The molecule has 0 N–H and O–H groups in total. The van der Waals surface area contributed by atoms with E-state index in [0.717, 1.165) is 11.0 Å². The average molecular weight is 359 g/mol. The van der Waals surface area contributed by atoms with Crippen molar-refractivity contribution in [3.8, 4) is 0 Å². The Balaban J connectivity index is 2.01. The van der Waals surface area contributed by atoms with Crippen LogP contribution in [0.15, 0.2) is 30.8 Å². The molecule has 1 aromatic carbocycles. The van der Waals surface area contributed by atoms with Gasteiger partial charge in [-0.25, -0.2) is 0 Å². The first-order chi connectivity index (χ1) is 12.6. The second-order valence-electron chi connectivity index (χ2n) is 8.65. The molecule has 0 bridgehead atoms.